The summed E-state index contributed by atoms with van der Waals surface area (Å²) in [6.45, 7) is 2.01. The van der Waals surface area contributed by atoms with E-state index in [9.17, 15) is 8.42 Å². The molecule has 1 aliphatic rings. The summed E-state index contributed by atoms with van der Waals surface area (Å²) in [5.41, 5.74) is 0. The number of hydrogen-bond donors (Lipinski definition) is 1. The molecule has 0 fully saturated rings. The van der Waals surface area contributed by atoms with Crippen molar-refractivity contribution in [3.8, 4) is 0 Å². The minimum atomic E-state index is -3.04. The molecule has 0 bridgehead atoms. The third-order valence-electron chi connectivity index (χ3n) is 1.65. The molecule has 0 amide bonds. The summed E-state index contributed by atoms with van der Waals surface area (Å²) in [5.74, 6) is 0. The molecule has 1 heterocycles. The molecule has 0 saturated carbocycles. The Kier molecular flexibility index (Phi) is 6.06. The van der Waals surface area contributed by atoms with Gasteiger partial charge in [0, 0.05) is 19.6 Å². The van der Waals surface area contributed by atoms with Gasteiger partial charge >= 0.3 is 0 Å². The second-order valence-electron chi connectivity index (χ2n) is 2.93. The van der Waals surface area contributed by atoms with E-state index < -0.39 is 10.0 Å². The molecular weight excluding hydrogens is 268 g/mol. The maximum Gasteiger partial charge on any atom is 0.208 e. The number of sulfonamides is 1. The van der Waals surface area contributed by atoms with E-state index in [2.05, 4.69) is 4.72 Å². The maximum absolute atomic E-state index is 10.7. The molecule has 14 heavy (non-hydrogen) atoms. The first kappa shape index (κ1) is 13.7. The van der Waals surface area contributed by atoms with Crippen LogP contribution in [0, 0.1) is 0 Å². The normalized spacial score (nSPS) is 15.4. The maximum atomic E-state index is 10.7. The lowest BCUT2D eigenvalue weighted by Crippen LogP contribution is -2.32. The Balaban J connectivity index is 0.00000169. The standard InChI is InChI=1S/C8H14N2O2S.BrH/c1-13(11,12)9-5-8-10-6-3-2-4-7-10;/h2-4,6,9H,5,7-8H2,1H3;1H. The Labute approximate surface area is 95.5 Å². The number of hydrogen-bond acceptors (Lipinski definition) is 3. The fourth-order valence-electron chi connectivity index (χ4n) is 1.05. The molecule has 0 saturated heterocycles. The lowest BCUT2D eigenvalue weighted by molar-refractivity contribution is 0.415. The van der Waals surface area contributed by atoms with E-state index in [0.717, 1.165) is 6.54 Å². The average molecular weight is 283 g/mol. The van der Waals surface area contributed by atoms with Crippen LogP contribution in [0.15, 0.2) is 24.4 Å². The second-order valence-corrected chi connectivity index (χ2v) is 4.76. The molecule has 0 aromatic heterocycles. The van der Waals surface area contributed by atoms with Crippen molar-refractivity contribution in [1.82, 2.24) is 9.62 Å². The smallest absolute Gasteiger partial charge is 0.208 e. The van der Waals surface area contributed by atoms with Crippen LogP contribution in [0.25, 0.3) is 0 Å². The summed E-state index contributed by atoms with van der Waals surface area (Å²) in [5, 5.41) is 0. The van der Waals surface area contributed by atoms with Gasteiger partial charge in [0.05, 0.1) is 6.26 Å². The quantitative estimate of drug-likeness (QED) is 0.817. The molecule has 0 unspecified atom stereocenters. The van der Waals surface area contributed by atoms with Gasteiger partial charge in [-0.1, -0.05) is 12.2 Å². The summed E-state index contributed by atoms with van der Waals surface area (Å²) in [7, 11) is -3.04. The van der Waals surface area contributed by atoms with Gasteiger partial charge in [0.2, 0.25) is 10.0 Å². The van der Waals surface area contributed by atoms with Crippen molar-refractivity contribution in [3.05, 3.63) is 24.4 Å². The third-order valence-corrected chi connectivity index (χ3v) is 2.38. The number of rotatable bonds is 4. The summed E-state index contributed by atoms with van der Waals surface area (Å²) in [6.07, 6.45) is 9.05. The van der Waals surface area contributed by atoms with Gasteiger partial charge < -0.3 is 4.90 Å². The zero-order chi connectivity index (χ0) is 9.73. The van der Waals surface area contributed by atoms with Crippen LogP contribution in [0.4, 0.5) is 0 Å². The van der Waals surface area contributed by atoms with Crippen molar-refractivity contribution in [1.29, 1.82) is 0 Å². The van der Waals surface area contributed by atoms with Crippen LogP contribution in [-0.2, 0) is 10.0 Å². The van der Waals surface area contributed by atoms with Gasteiger partial charge in [-0.15, -0.1) is 17.0 Å². The van der Waals surface area contributed by atoms with Gasteiger partial charge in [-0.05, 0) is 12.3 Å². The molecule has 0 atom stereocenters. The number of nitrogens with one attached hydrogen (secondary N) is 1. The van der Waals surface area contributed by atoms with E-state index in [1.165, 1.54) is 6.26 Å². The molecule has 1 N–H and O–H groups in total. The van der Waals surface area contributed by atoms with Crippen LogP contribution in [0.1, 0.15) is 0 Å². The topological polar surface area (TPSA) is 49.4 Å². The molecule has 0 aromatic rings. The monoisotopic (exact) mass is 282 g/mol. The third kappa shape index (κ3) is 6.17. The highest BCUT2D eigenvalue weighted by Crippen LogP contribution is 1.96. The number of allylic oxidation sites excluding steroid dienone is 2. The number of nitrogens with zero attached hydrogens (tertiary/aromatic N) is 1. The van der Waals surface area contributed by atoms with Gasteiger partial charge in [0.15, 0.2) is 0 Å². The molecule has 82 valence electrons. The second kappa shape index (κ2) is 6.21. The van der Waals surface area contributed by atoms with E-state index in [4.69, 9.17) is 0 Å². The molecule has 1 aliphatic heterocycles. The molecule has 0 spiro atoms. The van der Waals surface area contributed by atoms with Crippen LogP contribution in [0.3, 0.4) is 0 Å². The SMILES string of the molecule is Br.CS(=O)(=O)NCCN1C=CC=CC1. The van der Waals surface area contributed by atoms with E-state index in [1.54, 1.807) is 0 Å². The van der Waals surface area contributed by atoms with Gasteiger partial charge in [-0.2, -0.15) is 0 Å². The van der Waals surface area contributed by atoms with Gasteiger partial charge in [-0.3, -0.25) is 0 Å². The predicted octanol–water partition coefficient (Wildman–Crippen LogP) is 0.499. The van der Waals surface area contributed by atoms with E-state index in [1.807, 2.05) is 29.3 Å². The molecule has 0 aromatic carbocycles. The predicted molar refractivity (Wildman–Crippen MR) is 63.0 cm³/mol. The zero-order valence-corrected chi connectivity index (χ0v) is 10.5. The first-order valence-electron chi connectivity index (χ1n) is 4.10. The zero-order valence-electron chi connectivity index (χ0n) is 8.01. The van der Waals surface area contributed by atoms with Crippen LogP contribution < -0.4 is 4.72 Å². The first-order valence-corrected chi connectivity index (χ1v) is 5.99. The van der Waals surface area contributed by atoms with Crippen molar-refractivity contribution in [2.24, 2.45) is 0 Å². The lowest BCUT2D eigenvalue weighted by atomic mass is 10.3. The first-order chi connectivity index (χ1) is 6.08. The molecule has 1 rings (SSSR count). The van der Waals surface area contributed by atoms with Crippen LogP contribution in [0.2, 0.25) is 0 Å². The van der Waals surface area contributed by atoms with Crippen LogP contribution in [-0.4, -0.2) is 39.2 Å². The summed E-state index contributed by atoms with van der Waals surface area (Å²) < 4.78 is 23.9. The average Bonchev–Trinajstić information content (AvgIpc) is 2.04. The highest BCUT2D eigenvalue weighted by atomic mass is 79.9. The fraction of sp³-hybridized carbons (Fsp3) is 0.500. The largest absolute Gasteiger partial charge is 0.372 e. The Morgan fingerprint density at radius 3 is 2.64 bits per heavy atom. The van der Waals surface area contributed by atoms with Crippen LogP contribution in [0.5, 0.6) is 0 Å². The van der Waals surface area contributed by atoms with E-state index in [0.29, 0.717) is 13.1 Å². The van der Waals surface area contributed by atoms with Crippen molar-refractivity contribution in [2.45, 2.75) is 0 Å². The highest BCUT2D eigenvalue weighted by molar-refractivity contribution is 8.93. The van der Waals surface area contributed by atoms with Crippen molar-refractivity contribution >= 4 is 27.0 Å². The molecule has 0 radical (unpaired) electrons. The van der Waals surface area contributed by atoms with E-state index in [-0.39, 0.29) is 17.0 Å². The summed E-state index contributed by atoms with van der Waals surface area (Å²) in [6, 6.07) is 0. The van der Waals surface area contributed by atoms with Crippen molar-refractivity contribution in [3.63, 3.8) is 0 Å². The minimum absolute atomic E-state index is 0. The van der Waals surface area contributed by atoms with Gasteiger partial charge in [-0.25, -0.2) is 13.1 Å². The van der Waals surface area contributed by atoms with Crippen LogP contribution >= 0.6 is 17.0 Å². The summed E-state index contributed by atoms with van der Waals surface area (Å²) >= 11 is 0. The molecular formula is C8H15BrN2O2S. The van der Waals surface area contributed by atoms with Gasteiger partial charge in [0.25, 0.3) is 0 Å². The minimum Gasteiger partial charge on any atom is -0.372 e. The van der Waals surface area contributed by atoms with Crippen molar-refractivity contribution in [2.75, 3.05) is 25.9 Å². The van der Waals surface area contributed by atoms with Crippen molar-refractivity contribution < 1.29 is 8.42 Å². The fourth-order valence-corrected chi connectivity index (χ4v) is 1.51. The number of halogens is 1. The Morgan fingerprint density at radius 2 is 2.14 bits per heavy atom. The molecule has 6 heteroatoms. The summed E-state index contributed by atoms with van der Waals surface area (Å²) in [4.78, 5) is 2.04. The molecule has 4 nitrogen and oxygen atoms in total. The Morgan fingerprint density at radius 1 is 1.43 bits per heavy atom. The Bertz CT molecular complexity index is 311. The Hall–Kier alpha value is -0.330. The molecule has 0 aliphatic carbocycles. The van der Waals surface area contributed by atoms with E-state index >= 15 is 0 Å². The van der Waals surface area contributed by atoms with Gasteiger partial charge in [0.1, 0.15) is 0 Å². The lowest BCUT2D eigenvalue weighted by Gasteiger charge is -2.19. The highest BCUT2D eigenvalue weighted by Gasteiger charge is 2.02.